The van der Waals surface area contributed by atoms with Gasteiger partial charge in [0.25, 0.3) is 0 Å². The number of rotatable bonds is 1. The average Bonchev–Trinajstić information content (AvgIpc) is 2.31. The summed E-state index contributed by atoms with van der Waals surface area (Å²) in [4.78, 5) is 9.00. The van der Waals surface area contributed by atoms with E-state index in [9.17, 15) is 0 Å². The summed E-state index contributed by atoms with van der Waals surface area (Å²) in [5.41, 5.74) is 1.51. The third-order valence-electron chi connectivity index (χ3n) is 2.61. The Hall–Kier alpha value is -1.29. The Balaban J connectivity index is 0.000000280. The first kappa shape index (κ1) is 12.8. The van der Waals surface area contributed by atoms with Gasteiger partial charge in [-0.2, -0.15) is 0 Å². The summed E-state index contributed by atoms with van der Waals surface area (Å²) in [6.45, 7) is 2.36. The van der Waals surface area contributed by atoms with Crippen molar-refractivity contribution in [2.75, 3.05) is 13.1 Å². The molecule has 0 atom stereocenters. The van der Waals surface area contributed by atoms with Gasteiger partial charge in [-0.1, -0.05) is 30.3 Å². The molecule has 0 aromatic heterocycles. The molecule has 1 aromatic carbocycles. The minimum absolute atomic E-state index is 0.799. The molecular weight excluding hydrogens is 201 g/mol. The van der Waals surface area contributed by atoms with Crippen molar-refractivity contribution in [3.63, 3.8) is 0 Å². The van der Waals surface area contributed by atoms with Crippen molar-refractivity contribution >= 4 is 13.7 Å². The van der Waals surface area contributed by atoms with Crippen LogP contribution in [0.15, 0.2) is 30.3 Å². The molecule has 3 nitrogen and oxygen atoms in total. The van der Waals surface area contributed by atoms with Gasteiger partial charge in [0.2, 0.25) is 13.7 Å². The van der Waals surface area contributed by atoms with E-state index < -0.39 is 5.87 Å². The Labute approximate surface area is 97.3 Å². The second-order valence-electron chi connectivity index (χ2n) is 3.95. The lowest BCUT2D eigenvalue weighted by atomic mass is 9.90. The number of carbonyl (C=O) groups is 1. The standard InChI is InChI=1S/C11H15N.CH3BO2/c1-2-4-10(5-3-1)11-6-8-12-9-7-11;2-1(3)4/h1-5,11-12H,6-9H2;2H2,(H,3,4). The lowest BCUT2D eigenvalue weighted by Crippen LogP contribution is -2.26. The summed E-state index contributed by atoms with van der Waals surface area (Å²) in [6, 6.07) is 10.9. The van der Waals surface area contributed by atoms with Crippen LogP contribution in [0.2, 0.25) is 0 Å². The molecule has 1 aliphatic rings. The van der Waals surface area contributed by atoms with Gasteiger partial charge in [0, 0.05) is 0 Å². The molecule has 16 heavy (non-hydrogen) atoms. The summed E-state index contributed by atoms with van der Waals surface area (Å²) in [6.07, 6.45) is 2.59. The Morgan fingerprint density at radius 2 is 1.75 bits per heavy atom. The molecular formula is C12H18BNO2. The van der Waals surface area contributed by atoms with E-state index in [1.807, 2.05) is 0 Å². The predicted molar refractivity (Wildman–Crippen MR) is 67.9 cm³/mol. The van der Waals surface area contributed by atoms with E-state index in [1.165, 1.54) is 31.5 Å². The second kappa shape index (κ2) is 7.07. The normalized spacial score (nSPS) is 16.0. The monoisotopic (exact) mass is 219 g/mol. The molecule has 0 radical (unpaired) electrons. The van der Waals surface area contributed by atoms with Crippen LogP contribution in [0.1, 0.15) is 24.3 Å². The van der Waals surface area contributed by atoms with Crippen molar-refractivity contribution in [1.29, 1.82) is 0 Å². The molecule has 0 aliphatic carbocycles. The fraction of sp³-hybridized carbons (Fsp3) is 0.417. The van der Waals surface area contributed by atoms with Crippen molar-refractivity contribution in [3.8, 4) is 0 Å². The van der Waals surface area contributed by atoms with Gasteiger partial charge in [0.15, 0.2) is 0 Å². The maximum atomic E-state index is 9.00. The van der Waals surface area contributed by atoms with Crippen LogP contribution in [0.4, 0.5) is 4.79 Å². The van der Waals surface area contributed by atoms with Crippen molar-refractivity contribution in [3.05, 3.63) is 35.9 Å². The van der Waals surface area contributed by atoms with Gasteiger partial charge in [-0.25, -0.2) is 0 Å². The van der Waals surface area contributed by atoms with E-state index >= 15 is 0 Å². The van der Waals surface area contributed by atoms with Crippen LogP contribution >= 0.6 is 0 Å². The number of benzene rings is 1. The molecule has 1 aliphatic heterocycles. The lowest BCUT2D eigenvalue weighted by molar-refractivity contribution is 0.220. The number of piperidine rings is 1. The molecule has 4 heteroatoms. The number of hydrogen-bond acceptors (Lipinski definition) is 2. The molecule has 1 aromatic rings. The number of hydrogen-bond donors (Lipinski definition) is 2. The van der Waals surface area contributed by atoms with E-state index in [2.05, 4.69) is 35.6 Å². The Morgan fingerprint density at radius 1 is 1.25 bits per heavy atom. The highest BCUT2D eigenvalue weighted by Gasteiger charge is 2.13. The van der Waals surface area contributed by atoms with Gasteiger partial charge < -0.3 is 10.4 Å². The second-order valence-corrected chi connectivity index (χ2v) is 3.95. The summed E-state index contributed by atoms with van der Waals surface area (Å²) in [5, 5.41) is 10.8. The maximum absolute atomic E-state index is 9.00. The molecule has 0 amide bonds. The summed E-state index contributed by atoms with van der Waals surface area (Å²) < 4.78 is 0. The quantitative estimate of drug-likeness (QED) is 0.703. The van der Waals surface area contributed by atoms with Crippen molar-refractivity contribution in [2.24, 2.45) is 0 Å². The minimum atomic E-state index is -0.833. The number of carboxylic acid groups (broad SMARTS) is 1. The summed E-state index contributed by atoms with van der Waals surface area (Å²) in [7, 11) is 1.08. The van der Waals surface area contributed by atoms with E-state index in [1.54, 1.807) is 0 Å². The zero-order valence-corrected chi connectivity index (χ0v) is 9.65. The first-order chi connectivity index (χ1) is 7.70. The van der Waals surface area contributed by atoms with Crippen LogP contribution in [0, 0.1) is 0 Å². The largest absolute Gasteiger partial charge is 0.490 e. The molecule has 0 spiro atoms. The van der Waals surface area contributed by atoms with Gasteiger partial charge in [0.05, 0.1) is 0 Å². The highest BCUT2D eigenvalue weighted by molar-refractivity contribution is 6.54. The smallest absolute Gasteiger partial charge is 0.242 e. The zero-order valence-electron chi connectivity index (χ0n) is 9.65. The van der Waals surface area contributed by atoms with Crippen LogP contribution < -0.4 is 5.32 Å². The topological polar surface area (TPSA) is 49.3 Å². The van der Waals surface area contributed by atoms with Crippen molar-refractivity contribution < 1.29 is 9.90 Å². The molecule has 2 N–H and O–H groups in total. The summed E-state index contributed by atoms with van der Waals surface area (Å²) >= 11 is 0. The molecule has 0 bridgehead atoms. The van der Waals surface area contributed by atoms with E-state index in [4.69, 9.17) is 9.90 Å². The van der Waals surface area contributed by atoms with E-state index in [0.29, 0.717) is 0 Å². The van der Waals surface area contributed by atoms with Crippen LogP contribution in [-0.2, 0) is 0 Å². The molecule has 0 unspecified atom stereocenters. The lowest BCUT2D eigenvalue weighted by Gasteiger charge is -2.22. The van der Waals surface area contributed by atoms with E-state index in [0.717, 1.165) is 13.8 Å². The van der Waals surface area contributed by atoms with E-state index in [-0.39, 0.29) is 0 Å². The SMILES string of the molecule is BC(=O)O.c1ccc(C2CCNCC2)cc1. The first-order valence-corrected chi connectivity index (χ1v) is 5.65. The molecule has 1 saturated heterocycles. The Kier molecular flexibility index (Phi) is 5.64. The predicted octanol–water partition coefficient (Wildman–Crippen LogP) is 1.45. The van der Waals surface area contributed by atoms with Gasteiger partial charge in [-0.15, -0.1) is 0 Å². The van der Waals surface area contributed by atoms with Crippen LogP contribution in [0.5, 0.6) is 0 Å². The molecule has 1 fully saturated rings. The van der Waals surface area contributed by atoms with Crippen molar-refractivity contribution in [1.82, 2.24) is 5.32 Å². The van der Waals surface area contributed by atoms with Gasteiger partial charge in [-0.3, -0.25) is 4.79 Å². The fourth-order valence-electron chi connectivity index (χ4n) is 1.88. The molecule has 1 heterocycles. The Bertz CT molecular complexity index is 306. The Morgan fingerprint density at radius 3 is 2.25 bits per heavy atom. The molecule has 86 valence electrons. The van der Waals surface area contributed by atoms with Gasteiger partial charge >= 0.3 is 0 Å². The highest BCUT2D eigenvalue weighted by atomic mass is 16.4. The van der Waals surface area contributed by atoms with Crippen molar-refractivity contribution in [2.45, 2.75) is 18.8 Å². The minimum Gasteiger partial charge on any atom is -0.490 e. The fourth-order valence-corrected chi connectivity index (χ4v) is 1.88. The van der Waals surface area contributed by atoms with Crippen LogP contribution in [0.3, 0.4) is 0 Å². The third-order valence-corrected chi connectivity index (χ3v) is 2.61. The first-order valence-electron chi connectivity index (χ1n) is 5.65. The summed E-state index contributed by atoms with van der Waals surface area (Å²) in [5.74, 6) is -0.0348. The van der Waals surface area contributed by atoms with Gasteiger partial charge in [0.1, 0.15) is 0 Å². The molecule has 2 rings (SSSR count). The van der Waals surface area contributed by atoms with Crippen LogP contribution in [0.25, 0.3) is 0 Å². The van der Waals surface area contributed by atoms with Crippen LogP contribution in [-0.4, -0.2) is 31.9 Å². The average molecular weight is 219 g/mol. The highest BCUT2D eigenvalue weighted by Crippen LogP contribution is 2.24. The maximum Gasteiger partial charge on any atom is 0.242 e. The molecule has 0 saturated carbocycles. The third kappa shape index (κ3) is 4.98. The number of nitrogens with one attached hydrogen (secondary N) is 1. The van der Waals surface area contributed by atoms with Gasteiger partial charge in [-0.05, 0) is 37.4 Å². The zero-order chi connectivity index (χ0) is 11.8.